The van der Waals surface area contributed by atoms with Gasteiger partial charge in [0.05, 0.1) is 10.6 Å². The maximum absolute atomic E-state index is 13.5. The Kier molecular flexibility index (Phi) is 3.62. The first-order valence-electron chi connectivity index (χ1n) is 5.38. The van der Waals surface area contributed by atoms with Gasteiger partial charge in [0.15, 0.2) is 11.6 Å². The van der Waals surface area contributed by atoms with Crippen LogP contribution in [0.3, 0.4) is 0 Å². The van der Waals surface area contributed by atoms with Crippen LogP contribution >= 0.6 is 15.9 Å². The van der Waals surface area contributed by atoms with Crippen LogP contribution in [0, 0.1) is 5.82 Å². The molecule has 82 valence electrons. The largest absolute Gasteiger partial charge is 0.486 e. The summed E-state index contributed by atoms with van der Waals surface area (Å²) in [4.78, 5) is 0. The van der Waals surface area contributed by atoms with E-state index in [4.69, 9.17) is 4.74 Å². The van der Waals surface area contributed by atoms with Crippen LogP contribution in [-0.4, -0.2) is 6.10 Å². The van der Waals surface area contributed by atoms with Crippen molar-refractivity contribution in [3.05, 3.63) is 28.5 Å². The summed E-state index contributed by atoms with van der Waals surface area (Å²) in [6.45, 7) is 0. The van der Waals surface area contributed by atoms with E-state index < -0.39 is 0 Å². The first-order chi connectivity index (χ1) is 7.27. The van der Waals surface area contributed by atoms with E-state index in [9.17, 15) is 4.39 Å². The highest BCUT2D eigenvalue weighted by Gasteiger charge is 2.17. The van der Waals surface area contributed by atoms with Crippen molar-refractivity contribution in [2.75, 3.05) is 0 Å². The van der Waals surface area contributed by atoms with Crippen LogP contribution in [-0.2, 0) is 0 Å². The number of rotatable bonds is 2. The van der Waals surface area contributed by atoms with Gasteiger partial charge < -0.3 is 4.74 Å². The molecule has 1 aromatic rings. The minimum atomic E-state index is -0.282. The molecule has 1 aliphatic carbocycles. The van der Waals surface area contributed by atoms with Gasteiger partial charge in [-0.1, -0.05) is 12.5 Å². The molecule has 1 nitrogen and oxygen atoms in total. The van der Waals surface area contributed by atoms with Gasteiger partial charge in [-0.05, 0) is 53.7 Å². The fourth-order valence-electron chi connectivity index (χ4n) is 1.94. The summed E-state index contributed by atoms with van der Waals surface area (Å²) < 4.78 is 19.8. The lowest BCUT2D eigenvalue weighted by Gasteiger charge is -2.23. The molecule has 0 bridgehead atoms. The molecule has 0 amide bonds. The maximum Gasteiger partial charge on any atom is 0.169 e. The van der Waals surface area contributed by atoms with Crippen molar-refractivity contribution >= 4 is 15.9 Å². The Labute approximate surface area is 97.8 Å². The first-order valence-corrected chi connectivity index (χ1v) is 6.17. The Morgan fingerprint density at radius 3 is 2.60 bits per heavy atom. The van der Waals surface area contributed by atoms with Crippen LogP contribution in [0.5, 0.6) is 5.75 Å². The predicted octanol–water partition coefficient (Wildman–Crippen LogP) is 4.30. The minimum absolute atomic E-state index is 0.187. The van der Waals surface area contributed by atoms with Crippen molar-refractivity contribution in [2.24, 2.45) is 0 Å². The Morgan fingerprint density at radius 1 is 1.20 bits per heavy atom. The summed E-state index contributed by atoms with van der Waals surface area (Å²) in [5.41, 5.74) is 0. The zero-order valence-corrected chi connectivity index (χ0v) is 10.1. The third kappa shape index (κ3) is 2.71. The van der Waals surface area contributed by atoms with Gasteiger partial charge in [0.25, 0.3) is 0 Å². The smallest absolute Gasteiger partial charge is 0.169 e. The molecule has 0 N–H and O–H groups in total. The summed E-state index contributed by atoms with van der Waals surface area (Å²) in [6, 6.07) is 4.91. The van der Waals surface area contributed by atoms with Gasteiger partial charge in [-0.25, -0.2) is 4.39 Å². The van der Waals surface area contributed by atoms with Crippen molar-refractivity contribution in [3.63, 3.8) is 0 Å². The molecule has 0 aliphatic heterocycles. The number of para-hydroxylation sites is 1. The van der Waals surface area contributed by atoms with Gasteiger partial charge >= 0.3 is 0 Å². The third-order valence-corrected chi connectivity index (χ3v) is 3.38. The molecule has 0 atom stereocenters. The number of ether oxygens (including phenoxy) is 1. The van der Waals surface area contributed by atoms with E-state index >= 15 is 0 Å². The average Bonchev–Trinajstić information content (AvgIpc) is 2.25. The second-order valence-corrected chi connectivity index (χ2v) is 4.78. The van der Waals surface area contributed by atoms with E-state index in [0.717, 1.165) is 12.8 Å². The molecule has 0 aromatic heterocycles. The van der Waals surface area contributed by atoms with Crippen LogP contribution in [0.4, 0.5) is 4.39 Å². The lowest BCUT2D eigenvalue weighted by Crippen LogP contribution is -2.20. The Morgan fingerprint density at radius 2 is 1.93 bits per heavy atom. The second-order valence-electron chi connectivity index (χ2n) is 3.93. The lowest BCUT2D eigenvalue weighted by molar-refractivity contribution is 0.147. The van der Waals surface area contributed by atoms with Crippen LogP contribution in [0.15, 0.2) is 22.7 Å². The van der Waals surface area contributed by atoms with E-state index in [1.807, 2.05) is 0 Å². The average molecular weight is 273 g/mol. The molecule has 1 aliphatic rings. The number of hydrogen-bond acceptors (Lipinski definition) is 1. The van der Waals surface area contributed by atoms with E-state index in [1.54, 1.807) is 12.1 Å². The molecule has 0 spiro atoms. The molecule has 15 heavy (non-hydrogen) atoms. The SMILES string of the molecule is Fc1cccc(Br)c1OC1CCCCC1. The van der Waals surface area contributed by atoms with Gasteiger partial charge in [0, 0.05) is 0 Å². The number of halogens is 2. The summed E-state index contributed by atoms with van der Waals surface area (Å²) in [7, 11) is 0. The van der Waals surface area contributed by atoms with Gasteiger partial charge in [0.1, 0.15) is 0 Å². The van der Waals surface area contributed by atoms with Gasteiger partial charge in [-0.15, -0.1) is 0 Å². The fourth-order valence-corrected chi connectivity index (χ4v) is 2.38. The number of benzene rings is 1. The Balaban J connectivity index is 2.09. The molecular weight excluding hydrogens is 259 g/mol. The molecule has 1 aromatic carbocycles. The van der Waals surface area contributed by atoms with Crippen molar-refractivity contribution < 1.29 is 9.13 Å². The molecule has 0 saturated heterocycles. The summed E-state index contributed by atoms with van der Waals surface area (Å²) in [5.74, 6) is 0.0827. The summed E-state index contributed by atoms with van der Waals surface area (Å²) >= 11 is 3.31. The minimum Gasteiger partial charge on any atom is -0.486 e. The van der Waals surface area contributed by atoms with Crippen molar-refractivity contribution in [1.82, 2.24) is 0 Å². The van der Waals surface area contributed by atoms with E-state index in [2.05, 4.69) is 15.9 Å². The van der Waals surface area contributed by atoms with Crippen LogP contribution in [0.25, 0.3) is 0 Å². The van der Waals surface area contributed by atoms with Crippen molar-refractivity contribution in [3.8, 4) is 5.75 Å². The molecular formula is C12H14BrFO. The second kappa shape index (κ2) is 4.97. The van der Waals surface area contributed by atoms with Crippen molar-refractivity contribution in [2.45, 2.75) is 38.2 Å². The number of hydrogen-bond donors (Lipinski definition) is 0. The third-order valence-electron chi connectivity index (χ3n) is 2.76. The van der Waals surface area contributed by atoms with Crippen LogP contribution in [0.2, 0.25) is 0 Å². The normalized spacial score (nSPS) is 17.7. The van der Waals surface area contributed by atoms with E-state index in [-0.39, 0.29) is 11.9 Å². The molecule has 1 fully saturated rings. The van der Waals surface area contributed by atoms with Gasteiger partial charge in [0.2, 0.25) is 0 Å². The zero-order chi connectivity index (χ0) is 10.7. The zero-order valence-electron chi connectivity index (χ0n) is 8.51. The molecule has 0 unspecified atom stereocenters. The quantitative estimate of drug-likeness (QED) is 0.780. The maximum atomic E-state index is 13.5. The van der Waals surface area contributed by atoms with Crippen LogP contribution in [0.1, 0.15) is 32.1 Å². The standard InChI is InChI=1S/C12H14BrFO/c13-10-7-4-8-11(14)12(10)15-9-5-2-1-3-6-9/h4,7-9H,1-3,5-6H2. The summed E-state index contributed by atoms with van der Waals surface area (Å²) in [5, 5.41) is 0. The Hall–Kier alpha value is -0.570. The molecule has 1 saturated carbocycles. The van der Waals surface area contributed by atoms with Crippen molar-refractivity contribution in [1.29, 1.82) is 0 Å². The monoisotopic (exact) mass is 272 g/mol. The lowest BCUT2D eigenvalue weighted by atomic mass is 9.98. The predicted molar refractivity (Wildman–Crippen MR) is 61.6 cm³/mol. The molecule has 0 radical (unpaired) electrons. The highest BCUT2D eigenvalue weighted by molar-refractivity contribution is 9.10. The summed E-state index contributed by atoms with van der Waals surface area (Å²) in [6.07, 6.45) is 5.93. The molecule has 2 rings (SSSR count). The van der Waals surface area contributed by atoms with Gasteiger partial charge in [-0.3, -0.25) is 0 Å². The topological polar surface area (TPSA) is 9.23 Å². The van der Waals surface area contributed by atoms with E-state index in [0.29, 0.717) is 10.2 Å². The highest BCUT2D eigenvalue weighted by Crippen LogP contribution is 2.31. The van der Waals surface area contributed by atoms with E-state index in [1.165, 1.54) is 25.3 Å². The highest BCUT2D eigenvalue weighted by atomic mass is 79.9. The van der Waals surface area contributed by atoms with Gasteiger partial charge in [-0.2, -0.15) is 0 Å². The first kappa shape index (κ1) is 10.9. The molecule has 3 heteroatoms. The van der Waals surface area contributed by atoms with Crippen LogP contribution < -0.4 is 4.74 Å². The molecule has 0 heterocycles. The fraction of sp³-hybridized carbons (Fsp3) is 0.500. The Bertz CT molecular complexity index is 314.